The zero-order chi connectivity index (χ0) is 10.6. The molecule has 15 heavy (non-hydrogen) atoms. The summed E-state index contributed by atoms with van der Waals surface area (Å²) in [5, 5.41) is 9.33. The number of aliphatic carboxylic acids is 1. The summed E-state index contributed by atoms with van der Waals surface area (Å²) in [4.78, 5) is 32.2. The Bertz CT molecular complexity index is 280. The van der Waals surface area contributed by atoms with Crippen molar-refractivity contribution < 1.29 is 19.5 Å². The summed E-state index contributed by atoms with van der Waals surface area (Å²) >= 11 is 4.28. The summed E-state index contributed by atoms with van der Waals surface area (Å²) in [6, 6.07) is 0. The van der Waals surface area contributed by atoms with E-state index in [1.165, 1.54) is 6.92 Å². The van der Waals surface area contributed by atoms with Crippen LogP contribution in [-0.4, -0.2) is 16.9 Å². The van der Waals surface area contributed by atoms with Crippen molar-refractivity contribution in [1.82, 2.24) is 12.3 Å². The smallest absolute Gasteiger partial charge is 0.166 e. The molecule has 0 spiro atoms. The zero-order valence-electron chi connectivity index (χ0n) is 9.03. The molecule has 0 saturated carbocycles. The number of rotatable bonds is 5. The molecule has 8 N–H and O–H groups in total. The lowest BCUT2D eigenvalue weighted by molar-refractivity contribution is -0.307. The van der Waals surface area contributed by atoms with Crippen LogP contribution in [0.5, 0.6) is 0 Å². The topological polar surface area (TPSA) is 147 Å². The second kappa shape index (κ2) is 7.04. The van der Waals surface area contributed by atoms with Gasteiger partial charge in [-0.05, 0) is 13.0 Å². The number of carboxylic acids is 1. The molecular formula is C8H16N2O4S. The van der Waals surface area contributed by atoms with Crippen LogP contribution >= 0.6 is 0 Å². The van der Waals surface area contributed by atoms with Crippen LogP contribution in [0.1, 0.15) is 13.3 Å². The molecule has 0 bridgehead atoms. The fourth-order valence-electron chi connectivity index (χ4n) is 0.774. The largest absolute Gasteiger partial charge is 0.741 e. The minimum atomic E-state index is -1.71. The monoisotopic (exact) mass is 236 g/mol. The molecule has 0 saturated heterocycles. The molecule has 88 valence electrons. The molecule has 0 radical (unpaired) electrons. The molecule has 0 aliphatic rings. The van der Waals surface area contributed by atoms with Crippen LogP contribution in [0.2, 0.25) is 0 Å². The molecule has 6 nitrogen and oxygen atoms in total. The van der Waals surface area contributed by atoms with Gasteiger partial charge in [0.2, 0.25) is 0 Å². The van der Waals surface area contributed by atoms with E-state index in [4.69, 9.17) is 0 Å². The molecule has 0 amide bonds. The van der Waals surface area contributed by atoms with Gasteiger partial charge < -0.3 is 39.6 Å². The maximum atomic E-state index is 11.1. The number of carboxylic acid groups (broad SMARTS) is 1. The first kappa shape index (κ1) is 19.3. The molecule has 0 aliphatic carbocycles. The molecule has 0 aromatic carbocycles. The standard InChI is InChI=1S/C8H10O4S.2H3N/c1-3-5(9)8(2,7(12)13)4-6(10)11;;/h3H,1,4H2,2H3,(H,10,11)(H,12,13);2*1H3. The number of carbonyl (C=O) groups is 3. The highest BCUT2D eigenvalue weighted by molar-refractivity contribution is 7.77. The van der Waals surface area contributed by atoms with Crippen molar-refractivity contribution in [2.75, 3.05) is 0 Å². The molecule has 0 aromatic rings. The van der Waals surface area contributed by atoms with E-state index >= 15 is 0 Å². The third-order valence-corrected chi connectivity index (χ3v) is 2.13. The van der Waals surface area contributed by atoms with Crippen molar-refractivity contribution in [3.8, 4) is 0 Å². The van der Waals surface area contributed by atoms with Gasteiger partial charge in [-0.15, -0.1) is 0 Å². The van der Waals surface area contributed by atoms with Gasteiger partial charge in [-0.1, -0.05) is 6.58 Å². The maximum Gasteiger partial charge on any atom is 0.166 e. The SMILES string of the molecule is C=CC(=O)C(C)(CC(=O)[O-])C(=O)[S-].[NH4+].[NH4+]. The highest BCUT2D eigenvalue weighted by Crippen LogP contribution is 2.23. The number of hydrogen-bond donors (Lipinski definition) is 2. The van der Waals surface area contributed by atoms with Gasteiger partial charge in [0.1, 0.15) is 0 Å². The summed E-state index contributed by atoms with van der Waals surface area (Å²) in [5.41, 5.74) is -1.71. The molecule has 0 heterocycles. The fourth-order valence-corrected chi connectivity index (χ4v) is 0.947. The van der Waals surface area contributed by atoms with Crippen molar-refractivity contribution in [3.05, 3.63) is 12.7 Å². The number of hydrogen-bond acceptors (Lipinski definition) is 5. The van der Waals surface area contributed by atoms with E-state index in [1.54, 1.807) is 0 Å². The molecule has 0 aromatic heterocycles. The van der Waals surface area contributed by atoms with Crippen LogP contribution < -0.4 is 17.4 Å². The Morgan fingerprint density at radius 1 is 1.40 bits per heavy atom. The number of allylic oxidation sites excluding steroid dienone is 1. The second-order valence-electron chi connectivity index (χ2n) is 2.74. The summed E-state index contributed by atoms with van der Waals surface area (Å²) in [6.07, 6.45) is 0.174. The molecule has 0 aliphatic heterocycles. The van der Waals surface area contributed by atoms with E-state index in [9.17, 15) is 19.5 Å². The fraction of sp³-hybridized carbons (Fsp3) is 0.375. The summed E-state index contributed by atoms with van der Waals surface area (Å²) < 4.78 is 0. The van der Waals surface area contributed by atoms with Gasteiger partial charge in [0.05, 0.1) is 5.41 Å². The Balaban J connectivity index is -0.000000720. The first-order chi connectivity index (χ1) is 5.84. The minimum absolute atomic E-state index is 0. The van der Waals surface area contributed by atoms with E-state index in [1.807, 2.05) is 0 Å². The van der Waals surface area contributed by atoms with Crippen LogP contribution in [0.15, 0.2) is 12.7 Å². The van der Waals surface area contributed by atoms with E-state index in [-0.39, 0.29) is 12.3 Å². The Kier molecular flexibility index (Phi) is 9.06. The Labute approximate surface area is 93.3 Å². The summed E-state index contributed by atoms with van der Waals surface area (Å²) in [7, 11) is 0. The molecule has 0 fully saturated rings. The Morgan fingerprint density at radius 2 is 1.80 bits per heavy atom. The van der Waals surface area contributed by atoms with Crippen LogP contribution in [0.3, 0.4) is 0 Å². The third kappa shape index (κ3) is 4.63. The van der Waals surface area contributed by atoms with Gasteiger partial charge in [0, 0.05) is 17.5 Å². The quantitative estimate of drug-likeness (QED) is 0.382. The molecule has 1 atom stereocenters. The van der Waals surface area contributed by atoms with Crippen LogP contribution in [0, 0.1) is 5.41 Å². The normalized spacial score (nSPS) is 12.3. The highest BCUT2D eigenvalue weighted by Gasteiger charge is 2.32. The lowest BCUT2D eigenvalue weighted by Gasteiger charge is -2.29. The first-order valence-corrected chi connectivity index (χ1v) is 3.83. The average Bonchev–Trinajstić information content (AvgIpc) is 2.01. The molecule has 7 heteroatoms. The van der Waals surface area contributed by atoms with Gasteiger partial charge in [0.25, 0.3) is 0 Å². The van der Waals surface area contributed by atoms with Gasteiger partial charge in [-0.2, -0.15) is 0 Å². The van der Waals surface area contributed by atoms with E-state index in [0.717, 1.165) is 6.08 Å². The summed E-state index contributed by atoms with van der Waals surface area (Å²) in [6.45, 7) is 4.32. The van der Waals surface area contributed by atoms with Gasteiger partial charge in [-0.25, -0.2) is 0 Å². The molecule has 1 unspecified atom stereocenters. The number of carbonyl (C=O) groups excluding carboxylic acids is 3. The lowest BCUT2D eigenvalue weighted by Crippen LogP contribution is -2.40. The Hall–Kier alpha value is -1.31. The predicted octanol–water partition coefficient (Wildman–Crippen LogP) is -0.286. The minimum Gasteiger partial charge on any atom is -0.741 e. The van der Waals surface area contributed by atoms with Crippen LogP contribution in [0.25, 0.3) is 0 Å². The van der Waals surface area contributed by atoms with E-state index in [2.05, 4.69) is 19.2 Å². The summed E-state index contributed by atoms with van der Waals surface area (Å²) in [5.74, 6) is -2.19. The van der Waals surface area contributed by atoms with Crippen molar-refractivity contribution in [2.45, 2.75) is 13.3 Å². The first-order valence-electron chi connectivity index (χ1n) is 3.42. The maximum absolute atomic E-state index is 11.1. The van der Waals surface area contributed by atoms with Gasteiger partial charge in [-0.3, -0.25) is 4.79 Å². The third-order valence-electron chi connectivity index (χ3n) is 1.68. The molecule has 0 rings (SSSR count). The van der Waals surface area contributed by atoms with Crippen molar-refractivity contribution >= 4 is 29.5 Å². The molecular weight excluding hydrogens is 220 g/mol. The number of quaternary nitrogens is 2. The second-order valence-corrected chi connectivity index (χ2v) is 3.11. The van der Waals surface area contributed by atoms with Crippen molar-refractivity contribution in [2.24, 2.45) is 5.41 Å². The van der Waals surface area contributed by atoms with Crippen LogP contribution in [-0.2, 0) is 27.0 Å². The number of ketones is 1. The van der Waals surface area contributed by atoms with Crippen molar-refractivity contribution in [1.29, 1.82) is 0 Å². The zero-order valence-corrected chi connectivity index (χ0v) is 9.85. The predicted molar refractivity (Wildman–Crippen MR) is 57.3 cm³/mol. The Morgan fingerprint density at radius 3 is 2.00 bits per heavy atom. The highest BCUT2D eigenvalue weighted by atomic mass is 32.1. The average molecular weight is 236 g/mol. The van der Waals surface area contributed by atoms with E-state index in [0.29, 0.717) is 0 Å². The van der Waals surface area contributed by atoms with Gasteiger partial charge in [0.15, 0.2) is 5.78 Å². The van der Waals surface area contributed by atoms with Gasteiger partial charge >= 0.3 is 0 Å². The van der Waals surface area contributed by atoms with Crippen molar-refractivity contribution in [3.63, 3.8) is 0 Å². The lowest BCUT2D eigenvalue weighted by atomic mass is 9.83. The van der Waals surface area contributed by atoms with E-state index < -0.39 is 28.7 Å². The van der Waals surface area contributed by atoms with Crippen LogP contribution in [0.4, 0.5) is 0 Å².